The van der Waals surface area contributed by atoms with Crippen molar-refractivity contribution >= 4 is 33.3 Å². The maximum Gasteiger partial charge on any atom is 0.338 e. The summed E-state index contributed by atoms with van der Waals surface area (Å²) in [6.07, 6.45) is 0.668. The number of amides is 1. The Hall–Kier alpha value is -3.85. The normalized spacial score (nSPS) is 13.9. The summed E-state index contributed by atoms with van der Waals surface area (Å²) in [5.41, 5.74) is 2.18. The number of anilines is 2. The van der Waals surface area contributed by atoms with Crippen LogP contribution in [-0.2, 0) is 26.0 Å². The zero-order valence-electron chi connectivity index (χ0n) is 19.4. The number of fused-ring (bicyclic) bond motifs is 1. The molecule has 182 valence electrons. The van der Waals surface area contributed by atoms with Gasteiger partial charge in [-0.3, -0.25) is 9.52 Å². The van der Waals surface area contributed by atoms with E-state index in [0.717, 1.165) is 24.1 Å². The molecule has 0 aliphatic carbocycles. The number of esters is 1. The van der Waals surface area contributed by atoms with Gasteiger partial charge in [-0.1, -0.05) is 36.4 Å². The van der Waals surface area contributed by atoms with Crippen molar-refractivity contribution in [2.75, 3.05) is 23.3 Å². The Kier molecular flexibility index (Phi) is 7.07. The second-order valence-corrected chi connectivity index (χ2v) is 9.79. The lowest BCUT2D eigenvalue weighted by Gasteiger charge is -2.31. The summed E-state index contributed by atoms with van der Waals surface area (Å²) < 4.78 is 38.9. The number of hydrogen-bond donors (Lipinski definition) is 1. The highest BCUT2D eigenvalue weighted by Gasteiger charge is 2.29. The lowest BCUT2D eigenvalue weighted by atomic mass is 10.0. The van der Waals surface area contributed by atoms with Crippen molar-refractivity contribution in [1.82, 2.24) is 0 Å². The maximum atomic E-state index is 13.0. The zero-order valence-corrected chi connectivity index (χ0v) is 20.2. The van der Waals surface area contributed by atoms with Crippen LogP contribution in [0.2, 0.25) is 0 Å². The molecule has 8 nitrogen and oxygen atoms in total. The molecule has 4 rings (SSSR count). The lowest BCUT2D eigenvalue weighted by Crippen LogP contribution is -2.42. The summed E-state index contributed by atoms with van der Waals surface area (Å²) in [4.78, 5) is 27.4. The summed E-state index contributed by atoms with van der Waals surface area (Å²) in [6.45, 7) is 2.06. The van der Waals surface area contributed by atoms with E-state index in [-0.39, 0.29) is 22.1 Å². The molecule has 3 aromatic carbocycles. The van der Waals surface area contributed by atoms with E-state index in [1.807, 2.05) is 24.3 Å². The first-order valence-corrected chi connectivity index (χ1v) is 12.6. The van der Waals surface area contributed by atoms with Crippen LogP contribution in [0.3, 0.4) is 0 Å². The molecule has 1 aliphatic rings. The number of carbonyl (C=O) groups is 2. The molecule has 0 spiro atoms. The highest BCUT2D eigenvalue weighted by Crippen LogP contribution is 2.28. The number of nitrogens with zero attached hydrogens (tertiary/aromatic N) is 1. The van der Waals surface area contributed by atoms with Gasteiger partial charge in [0.2, 0.25) is 0 Å². The van der Waals surface area contributed by atoms with Gasteiger partial charge < -0.3 is 14.4 Å². The Morgan fingerprint density at radius 3 is 2.54 bits per heavy atom. The molecular formula is C26H26N2O6S. The quantitative estimate of drug-likeness (QED) is 0.498. The number of aryl methyl sites for hydroxylation is 1. The third-order valence-corrected chi connectivity index (χ3v) is 7.10. The number of methoxy groups -OCH3 is 1. The van der Waals surface area contributed by atoms with Crippen LogP contribution in [0, 0.1) is 0 Å². The van der Waals surface area contributed by atoms with Crippen molar-refractivity contribution in [3.63, 3.8) is 0 Å². The van der Waals surface area contributed by atoms with Crippen LogP contribution in [0.15, 0.2) is 77.7 Å². The molecule has 0 fully saturated rings. The van der Waals surface area contributed by atoms with Crippen molar-refractivity contribution in [3.05, 3.63) is 83.9 Å². The summed E-state index contributed by atoms with van der Waals surface area (Å²) in [6, 6.07) is 19.7. The Morgan fingerprint density at radius 2 is 1.74 bits per heavy atom. The predicted octanol–water partition coefficient (Wildman–Crippen LogP) is 4.02. The molecule has 0 aromatic heterocycles. The fourth-order valence-corrected chi connectivity index (χ4v) is 5.10. The SMILES string of the molecule is COc1ccccc1NS(=O)(=O)c1cccc(C(=O)OC(C)C(=O)N2CCCc3ccccc32)c1. The van der Waals surface area contributed by atoms with Crippen LogP contribution in [0.25, 0.3) is 0 Å². The van der Waals surface area contributed by atoms with E-state index < -0.39 is 22.1 Å². The number of nitrogens with one attached hydrogen (secondary N) is 1. The van der Waals surface area contributed by atoms with Crippen LogP contribution in [0.5, 0.6) is 5.75 Å². The smallest absolute Gasteiger partial charge is 0.338 e. The van der Waals surface area contributed by atoms with Crippen molar-refractivity contribution in [2.24, 2.45) is 0 Å². The van der Waals surface area contributed by atoms with Crippen LogP contribution >= 0.6 is 0 Å². The van der Waals surface area contributed by atoms with Crippen LogP contribution in [0.1, 0.15) is 29.3 Å². The number of rotatable bonds is 7. The number of ether oxygens (including phenoxy) is 2. The van der Waals surface area contributed by atoms with Gasteiger partial charge in [-0.2, -0.15) is 0 Å². The molecule has 3 aromatic rings. The molecular weight excluding hydrogens is 468 g/mol. The molecule has 1 N–H and O–H groups in total. The number of benzene rings is 3. The molecule has 1 unspecified atom stereocenters. The molecule has 0 saturated heterocycles. The number of carbonyl (C=O) groups excluding carboxylic acids is 2. The van der Waals surface area contributed by atoms with Gasteiger partial charge in [-0.05, 0) is 61.7 Å². The molecule has 0 saturated carbocycles. The first-order chi connectivity index (χ1) is 16.8. The van der Waals surface area contributed by atoms with E-state index >= 15 is 0 Å². The molecule has 9 heteroatoms. The fraction of sp³-hybridized carbons (Fsp3) is 0.231. The highest BCUT2D eigenvalue weighted by atomic mass is 32.2. The van der Waals surface area contributed by atoms with Gasteiger partial charge >= 0.3 is 5.97 Å². The van der Waals surface area contributed by atoms with E-state index in [0.29, 0.717) is 12.3 Å². The average molecular weight is 495 g/mol. The predicted molar refractivity (Wildman–Crippen MR) is 132 cm³/mol. The van der Waals surface area contributed by atoms with Gasteiger partial charge in [0.1, 0.15) is 5.75 Å². The van der Waals surface area contributed by atoms with Gasteiger partial charge in [-0.15, -0.1) is 0 Å². The standard InChI is InChI=1S/C26H26N2O6S/c1-18(25(29)28-16-8-11-19-9-3-5-14-23(19)28)34-26(30)20-10-7-12-21(17-20)35(31,32)27-22-13-4-6-15-24(22)33-2/h3-7,9-10,12-15,17-18,27H,8,11,16H2,1-2H3. The largest absolute Gasteiger partial charge is 0.495 e. The summed E-state index contributed by atoms with van der Waals surface area (Å²) >= 11 is 0. The topological polar surface area (TPSA) is 102 Å². The monoisotopic (exact) mass is 494 g/mol. The minimum absolute atomic E-state index is 0.0200. The van der Waals surface area contributed by atoms with Gasteiger partial charge in [0.15, 0.2) is 6.10 Å². The van der Waals surface area contributed by atoms with E-state index in [2.05, 4.69) is 4.72 Å². The summed E-state index contributed by atoms with van der Waals surface area (Å²) in [5.74, 6) is -0.754. The molecule has 1 heterocycles. The minimum atomic E-state index is -4.01. The van der Waals surface area contributed by atoms with E-state index in [1.165, 1.54) is 38.3 Å². The fourth-order valence-electron chi connectivity index (χ4n) is 3.98. The Bertz CT molecular complexity index is 1360. The first kappa shape index (κ1) is 24.3. The number of sulfonamides is 1. The van der Waals surface area contributed by atoms with Gasteiger partial charge in [-0.25, -0.2) is 13.2 Å². The molecule has 0 bridgehead atoms. The second kappa shape index (κ2) is 10.2. The Morgan fingerprint density at radius 1 is 1.00 bits per heavy atom. The second-order valence-electron chi connectivity index (χ2n) is 8.10. The third kappa shape index (κ3) is 5.30. The zero-order chi connectivity index (χ0) is 25.0. The Balaban J connectivity index is 1.49. The minimum Gasteiger partial charge on any atom is -0.495 e. The molecule has 0 radical (unpaired) electrons. The summed E-state index contributed by atoms with van der Waals surface area (Å²) in [5, 5.41) is 0. The molecule has 1 aliphatic heterocycles. The van der Waals surface area contributed by atoms with E-state index in [9.17, 15) is 18.0 Å². The van der Waals surface area contributed by atoms with Gasteiger partial charge in [0, 0.05) is 12.2 Å². The number of hydrogen-bond acceptors (Lipinski definition) is 6. The van der Waals surface area contributed by atoms with Gasteiger partial charge in [0.05, 0.1) is 23.3 Å². The van der Waals surface area contributed by atoms with Crippen molar-refractivity contribution < 1.29 is 27.5 Å². The molecule has 1 atom stereocenters. The maximum absolute atomic E-state index is 13.0. The van der Waals surface area contributed by atoms with Crippen molar-refractivity contribution in [2.45, 2.75) is 30.8 Å². The molecule has 1 amide bonds. The van der Waals surface area contributed by atoms with Crippen LogP contribution in [-0.4, -0.2) is 40.1 Å². The van der Waals surface area contributed by atoms with E-state index in [1.54, 1.807) is 29.2 Å². The number of para-hydroxylation sites is 3. The Labute approximate surface area is 204 Å². The van der Waals surface area contributed by atoms with E-state index in [4.69, 9.17) is 9.47 Å². The van der Waals surface area contributed by atoms with Crippen molar-refractivity contribution in [3.8, 4) is 5.75 Å². The average Bonchev–Trinajstić information content (AvgIpc) is 2.88. The highest BCUT2D eigenvalue weighted by molar-refractivity contribution is 7.92. The lowest BCUT2D eigenvalue weighted by molar-refractivity contribution is -0.126. The summed E-state index contributed by atoms with van der Waals surface area (Å²) in [7, 11) is -2.57. The van der Waals surface area contributed by atoms with Crippen LogP contribution in [0.4, 0.5) is 11.4 Å². The van der Waals surface area contributed by atoms with Crippen molar-refractivity contribution in [1.29, 1.82) is 0 Å². The molecule has 35 heavy (non-hydrogen) atoms. The first-order valence-electron chi connectivity index (χ1n) is 11.2. The third-order valence-electron chi connectivity index (χ3n) is 5.74. The van der Waals surface area contributed by atoms with Gasteiger partial charge in [0.25, 0.3) is 15.9 Å². The van der Waals surface area contributed by atoms with Crippen LogP contribution < -0.4 is 14.4 Å².